The Balaban J connectivity index is 2.04. The lowest BCUT2D eigenvalue weighted by Gasteiger charge is -2.23. The maximum absolute atomic E-state index is 12.3. The summed E-state index contributed by atoms with van der Waals surface area (Å²) in [6.07, 6.45) is -1.08. The Hall–Kier alpha value is -1.81. The van der Waals surface area contributed by atoms with Gasteiger partial charge in [-0.3, -0.25) is 14.4 Å². The molecule has 1 saturated heterocycles. The molecule has 0 bridgehead atoms. The van der Waals surface area contributed by atoms with Crippen LogP contribution in [-0.2, 0) is 9.53 Å². The first-order valence-corrected chi connectivity index (χ1v) is 5.93. The molecule has 0 radical (unpaired) electrons. The van der Waals surface area contributed by atoms with Crippen molar-refractivity contribution >= 4 is 17.3 Å². The van der Waals surface area contributed by atoms with Gasteiger partial charge < -0.3 is 4.74 Å². The zero-order chi connectivity index (χ0) is 12.9. The molecule has 1 aromatic carbocycles. The van der Waals surface area contributed by atoms with Gasteiger partial charge >= 0.3 is 0 Å². The Bertz CT molecular complexity index is 518. The summed E-state index contributed by atoms with van der Waals surface area (Å²) in [7, 11) is 0. The number of carbonyl (C=O) groups is 3. The second kappa shape index (κ2) is 3.85. The molecule has 3 rings (SSSR count). The molecular weight excluding hydrogens is 232 g/mol. The number of hydrogen-bond donors (Lipinski definition) is 0. The quantitative estimate of drug-likeness (QED) is 0.749. The molecule has 1 aliphatic heterocycles. The van der Waals surface area contributed by atoms with Crippen LogP contribution in [0.3, 0.4) is 0 Å². The fourth-order valence-corrected chi connectivity index (χ4v) is 2.70. The number of rotatable bonds is 1. The normalized spacial score (nSPS) is 29.9. The van der Waals surface area contributed by atoms with Gasteiger partial charge in [-0.25, -0.2) is 0 Å². The summed E-state index contributed by atoms with van der Waals surface area (Å²) < 4.78 is 5.45. The van der Waals surface area contributed by atoms with E-state index in [9.17, 15) is 14.4 Å². The lowest BCUT2D eigenvalue weighted by molar-refractivity contribution is -0.126. The Morgan fingerprint density at radius 1 is 1.17 bits per heavy atom. The van der Waals surface area contributed by atoms with E-state index in [1.807, 2.05) is 0 Å². The molecular formula is C14H12O4. The molecule has 92 valence electrons. The topological polar surface area (TPSA) is 60.4 Å². The highest BCUT2D eigenvalue weighted by Gasteiger charge is 2.49. The highest BCUT2D eigenvalue weighted by molar-refractivity contribution is 6.17. The minimum Gasteiger partial charge on any atom is -0.358 e. The van der Waals surface area contributed by atoms with E-state index in [2.05, 4.69) is 0 Å². The van der Waals surface area contributed by atoms with E-state index in [-0.39, 0.29) is 17.3 Å². The smallest absolute Gasteiger partial charge is 0.193 e. The predicted molar refractivity (Wildman–Crippen MR) is 62.6 cm³/mol. The zero-order valence-corrected chi connectivity index (χ0v) is 9.88. The lowest BCUT2D eigenvalue weighted by Crippen LogP contribution is -2.38. The van der Waals surface area contributed by atoms with Gasteiger partial charge in [-0.15, -0.1) is 0 Å². The van der Waals surface area contributed by atoms with Gasteiger partial charge in [-0.2, -0.15) is 0 Å². The third kappa shape index (κ3) is 1.46. The van der Waals surface area contributed by atoms with Crippen LogP contribution in [0.25, 0.3) is 0 Å². The molecule has 0 N–H and O–H groups in total. The summed E-state index contributed by atoms with van der Waals surface area (Å²) in [5.41, 5.74) is 0.865. The maximum Gasteiger partial charge on any atom is 0.193 e. The van der Waals surface area contributed by atoms with Gasteiger partial charge in [0.05, 0.1) is 5.92 Å². The minimum atomic E-state index is -0.777. The molecule has 3 unspecified atom stereocenters. The average Bonchev–Trinajstić information content (AvgIpc) is 2.81. The SMILES string of the molecule is CC(=O)C1CC2C(=O)c3ccccc3C(=O)C2O1. The van der Waals surface area contributed by atoms with Crippen LogP contribution in [0.1, 0.15) is 34.1 Å². The van der Waals surface area contributed by atoms with E-state index >= 15 is 0 Å². The summed E-state index contributed by atoms with van der Waals surface area (Å²) in [6.45, 7) is 1.42. The average molecular weight is 244 g/mol. The van der Waals surface area contributed by atoms with Crippen LogP contribution >= 0.6 is 0 Å². The van der Waals surface area contributed by atoms with Crippen molar-refractivity contribution in [3.63, 3.8) is 0 Å². The van der Waals surface area contributed by atoms with Gasteiger partial charge in [0.1, 0.15) is 12.2 Å². The first-order valence-electron chi connectivity index (χ1n) is 5.93. The molecule has 0 spiro atoms. The molecule has 1 fully saturated rings. The summed E-state index contributed by atoms with van der Waals surface area (Å²) in [6, 6.07) is 6.76. The lowest BCUT2D eigenvalue weighted by atomic mass is 9.79. The predicted octanol–water partition coefficient (Wildman–Crippen LogP) is 1.43. The molecule has 0 amide bonds. The summed E-state index contributed by atoms with van der Waals surface area (Å²) in [5, 5.41) is 0. The largest absolute Gasteiger partial charge is 0.358 e. The van der Waals surface area contributed by atoms with Crippen LogP contribution in [0.2, 0.25) is 0 Å². The van der Waals surface area contributed by atoms with Gasteiger partial charge in [-0.1, -0.05) is 24.3 Å². The zero-order valence-electron chi connectivity index (χ0n) is 9.88. The maximum atomic E-state index is 12.3. The molecule has 0 saturated carbocycles. The van der Waals surface area contributed by atoms with Gasteiger partial charge in [0.25, 0.3) is 0 Å². The van der Waals surface area contributed by atoms with Crippen molar-refractivity contribution in [2.24, 2.45) is 5.92 Å². The molecule has 4 nitrogen and oxygen atoms in total. The fraction of sp³-hybridized carbons (Fsp3) is 0.357. The summed E-state index contributed by atoms with van der Waals surface area (Å²) >= 11 is 0. The third-order valence-electron chi connectivity index (χ3n) is 3.65. The van der Waals surface area contributed by atoms with Crippen molar-refractivity contribution in [1.82, 2.24) is 0 Å². The van der Waals surface area contributed by atoms with Crippen molar-refractivity contribution in [1.29, 1.82) is 0 Å². The summed E-state index contributed by atoms with van der Waals surface area (Å²) in [4.78, 5) is 35.8. The Kier molecular flexibility index (Phi) is 2.41. The van der Waals surface area contributed by atoms with Crippen LogP contribution < -0.4 is 0 Å². The van der Waals surface area contributed by atoms with E-state index in [1.165, 1.54) is 6.92 Å². The van der Waals surface area contributed by atoms with Crippen molar-refractivity contribution in [2.45, 2.75) is 25.6 Å². The van der Waals surface area contributed by atoms with E-state index in [4.69, 9.17) is 4.74 Å². The van der Waals surface area contributed by atoms with Crippen LogP contribution in [0, 0.1) is 5.92 Å². The Labute approximate surface area is 104 Å². The van der Waals surface area contributed by atoms with Gasteiger partial charge in [0.2, 0.25) is 0 Å². The van der Waals surface area contributed by atoms with Gasteiger partial charge in [0, 0.05) is 11.1 Å². The number of ketones is 3. The number of Topliss-reactive ketones (excluding diaryl/α,β-unsaturated/α-hetero) is 3. The third-order valence-corrected chi connectivity index (χ3v) is 3.65. The Morgan fingerprint density at radius 3 is 2.39 bits per heavy atom. The molecule has 1 heterocycles. The first kappa shape index (κ1) is 11.3. The van der Waals surface area contributed by atoms with Crippen LogP contribution in [0.15, 0.2) is 24.3 Å². The number of benzene rings is 1. The summed E-state index contributed by atoms with van der Waals surface area (Å²) in [5.74, 6) is -0.895. The molecule has 2 aliphatic rings. The van der Waals surface area contributed by atoms with Crippen LogP contribution in [0.5, 0.6) is 0 Å². The van der Waals surface area contributed by atoms with Crippen LogP contribution in [0.4, 0.5) is 0 Å². The number of fused-ring (bicyclic) bond motifs is 2. The van der Waals surface area contributed by atoms with E-state index in [0.29, 0.717) is 17.5 Å². The molecule has 0 aromatic heterocycles. The highest BCUT2D eigenvalue weighted by Crippen LogP contribution is 2.36. The van der Waals surface area contributed by atoms with E-state index < -0.39 is 18.1 Å². The van der Waals surface area contributed by atoms with E-state index in [1.54, 1.807) is 24.3 Å². The Morgan fingerprint density at radius 2 is 1.78 bits per heavy atom. The highest BCUT2D eigenvalue weighted by atomic mass is 16.5. The van der Waals surface area contributed by atoms with Gasteiger partial charge in [0.15, 0.2) is 17.3 Å². The van der Waals surface area contributed by atoms with Crippen molar-refractivity contribution < 1.29 is 19.1 Å². The van der Waals surface area contributed by atoms with Crippen LogP contribution in [-0.4, -0.2) is 29.6 Å². The molecule has 3 atom stereocenters. The standard InChI is InChI=1S/C14H12O4/c1-7(15)11-6-10-12(16)8-4-2-3-5-9(8)13(17)14(10)18-11/h2-5,10-11,14H,6H2,1H3. The molecule has 4 heteroatoms. The minimum absolute atomic E-state index is 0.0843. The number of carbonyl (C=O) groups excluding carboxylic acids is 3. The number of hydrogen-bond acceptors (Lipinski definition) is 4. The number of ether oxygens (including phenoxy) is 1. The van der Waals surface area contributed by atoms with Crippen molar-refractivity contribution in [2.75, 3.05) is 0 Å². The molecule has 1 aromatic rings. The monoisotopic (exact) mass is 244 g/mol. The van der Waals surface area contributed by atoms with Gasteiger partial charge in [-0.05, 0) is 13.3 Å². The molecule has 18 heavy (non-hydrogen) atoms. The van der Waals surface area contributed by atoms with Crippen molar-refractivity contribution in [3.05, 3.63) is 35.4 Å². The fourth-order valence-electron chi connectivity index (χ4n) is 2.70. The second-order valence-electron chi connectivity index (χ2n) is 4.77. The van der Waals surface area contributed by atoms with Crippen molar-refractivity contribution in [3.8, 4) is 0 Å². The molecule has 1 aliphatic carbocycles. The van der Waals surface area contributed by atoms with E-state index in [0.717, 1.165) is 0 Å². The second-order valence-corrected chi connectivity index (χ2v) is 4.77. The first-order chi connectivity index (χ1) is 8.59.